The van der Waals surface area contributed by atoms with Crippen molar-refractivity contribution in [2.45, 2.75) is 13.1 Å². The van der Waals surface area contributed by atoms with E-state index >= 15 is 0 Å². The quantitative estimate of drug-likeness (QED) is 0.795. The van der Waals surface area contributed by atoms with E-state index in [1.807, 2.05) is 19.0 Å². The van der Waals surface area contributed by atoms with Crippen LogP contribution in [0.4, 0.5) is 0 Å². The first-order valence-corrected chi connectivity index (χ1v) is 8.09. The molecule has 0 fully saturated rings. The Bertz CT molecular complexity index is 757. The largest absolute Gasteiger partial charge is 0.349 e. The van der Waals surface area contributed by atoms with Crippen LogP contribution in [0.3, 0.4) is 0 Å². The van der Waals surface area contributed by atoms with Crippen molar-refractivity contribution in [3.8, 4) is 0 Å². The van der Waals surface area contributed by atoms with Crippen molar-refractivity contribution < 1.29 is 9.59 Å². The van der Waals surface area contributed by atoms with Crippen LogP contribution in [0.5, 0.6) is 0 Å². The summed E-state index contributed by atoms with van der Waals surface area (Å²) >= 11 is 0. The van der Waals surface area contributed by atoms with Crippen molar-refractivity contribution in [2.75, 3.05) is 33.7 Å². The highest BCUT2D eigenvalue weighted by atomic mass is 16.2. The summed E-state index contributed by atoms with van der Waals surface area (Å²) < 4.78 is 1.78. The van der Waals surface area contributed by atoms with Gasteiger partial charge in [0.05, 0.1) is 25.0 Å². The van der Waals surface area contributed by atoms with E-state index in [1.54, 1.807) is 15.6 Å². The van der Waals surface area contributed by atoms with Crippen molar-refractivity contribution in [2.24, 2.45) is 0 Å². The van der Waals surface area contributed by atoms with E-state index in [9.17, 15) is 9.59 Å². The normalized spacial score (nSPS) is 13.6. The SMILES string of the molecule is CN(C)CCNC(=O)c1cc2n(n1)CCN(C(=O)c1cnccn1)C2. The fraction of sp³-hybridized carbons (Fsp3) is 0.438. The van der Waals surface area contributed by atoms with Gasteiger partial charge in [-0.2, -0.15) is 5.10 Å². The standard InChI is InChI=1S/C16H21N7O2/c1-21(2)6-5-19-15(24)13-9-12-11-22(7-8-23(12)20-13)16(25)14-10-17-3-4-18-14/h3-4,9-10H,5-8,11H2,1-2H3,(H,19,24). The minimum absolute atomic E-state index is 0.169. The van der Waals surface area contributed by atoms with Gasteiger partial charge in [0.25, 0.3) is 11.8 Å². The third-order valence-corrected chi connectivity index (χ3v) is 3.94. The number of hydrogen-bond donors (Lipinski definition) is 1. The summed E-state index contributed by atoms with van der Waals surface area (Å²) in [6.45, 7) is 2.79. The number of carbonyl (C=O) groups is 2. The fourth-order valence-corrected chi connectivity index (χ4v) is 2.61. The van der Waals surface area contributed by atoms with E-state index in [1.165, 1.54) is 18.6 Å². The fourth-order valence-electron chi connectivity index (χ4n) is 2.61. The number of aromatic nitrogens is 4. The number of nitrogens with zero attached hydrogens (tertiary/aromatic N) is 6. The van der Waals surface area contributed by atoms with Crippen LogP contribution in [0.25, 0.3) is 0 Å². The smallest absolute Gasteiger partial charge is 0.274 e. The van der Waals surface area contributed by atoms with Gasteiger partial charge in [-0.1, -0.05) is 0 Å². The van der Waals surface area contributed by atoms with Crippen molar-refractivity contribution in [1.82, 2.24) is 34.9 Å². The molecule has 2 amide bonds. The Balaban J connectivity index is 1.65. The molecule has 0 saturated carbocycles. The first kappa shape index (κ1) is 17.0. The number of carbonyl (C=O) groups excluding carboxylic acids is 2. The Kier molecular flexibility index (Phi) is 5.03. The topological polar surface area (TPSA) is 96.2 Å². The van der Waals surface area contributed by atoms with Crippen LogP contribution in [0.2, 0.25) is 0 Å². The summed E-state index contributed by atoms with van der Waals surface area (Å²) in [6, 6.07) is 1.74. The van der Waals surface area contributed by atoms with Crippen LogP contribution in [-0.2, 0) is 13.1 Å². The van der Waals surface area contributed by atoms with E-state index in [0.717, 1.165) is 12.2 Å². The van der Waals surface area contributed by atoms with Crippen LogP contribution in [0, 0.1) is 0 Å². The Labute approximate surface area is 145 Å². The Morgan fingerprint density at radius 2 is 2.08 bits per heavy atom. The van der Waals surface area contributed by atoms with Gasteiger partial charge in [-0.15, -0.1) is 0 Å². The second-order valence-electron chi connectivity index (χ2n) is 6.12. The van der Waals surface area contributed by atoms with E-state index in [2.05, 4.69) is 20.4 Å². The molecule has 0 aliphatic carbocycles. The minimum atomic E-state index is -0.199. The predicted molar refractivity (Wildman–Crippen MR) is 89.9 cm³/mol. The molecular formula is C16H21N7O2. The molecule has 9 heteroatoms. The summed E-state index contributed by atoms with van der Waals surface area (Å²) in [6.07, 6.45) is 4.48. The second kappa shape index (κ2) is 7.39. The van der Waals surface area contributed by atoms with Gasteiger partial charge in [0, 0.05) is 32.0 Å². The first-order valence-electron chi connectivity index (χ1n) is 8.09. The molecule has 1 aliphatic heterocycles. The maximum absolute atomic E-state index is 12.5. The number of amides is 2. The molecular weight excluding hydrogens is 322 g/mol. The monoisotopic (exact) mass is 343 g/mol. The van der Waals surface area contributed by atoms with Gasteiger partial charge in [0.2, 0.25) is 0 Å². The third kappa shape index (κ3) is 4.00. The van der Waals surface area contributed by atoms with Crippen molar-refractivity contribution in [1.29, 1.82) is 0 Å². The van der Waals surface area contributed by atoms with Gasteiger partial charge in [0.1, 0.15) is 5.69 Å². The molecule has 0 unspecified atom stereocenters. The number of fused-ring (bicyclic) bond motifs is 1. The van der Waals surface area contributed by atoms with E-state index < -0.39 is 0 Å². The molecule has 2 aromatic rings. The van der Waals surface area contributed by atoms with Crippen LogP contribution in [0.15, 0.2) is 24.7 Å². The molecule has 1 aliphatic rings. The molecule has 3 rings (SSSR count). The molecule has 2 aromatic heterocycles. The minimum Gasteiger partial charge on any atom is -0.349 e. The van der Waals surface area contributed by atoms with Gasteiger partial charge >= 0.3 is 0 Å². The molecule has 1 N–H and O–H groups in total. The zero-order valence-electron chi connectivity index (χ0n) is 14.3. The maximum Gasteiger partial charge on any atom is 0.274 e. The first-order chi connectivity index (χ1) is 12.0. The van der Waals surface area contributed by atoms with E-state index in [4.69, 9.17) is 0 Å². The summed E-state index contributed by atoms with van der Waals surface area (Å²) in [4.78, 5) is 36.3. The van der Waals surface area contributed by atoms with E-state index in [-0.39, 0.29) is 11.8 Å². The van der Waals surface area contributed by atoms with Crippen molar-refractivity contribution >= 4 is 11.8 Å². The van der Waals surface area contributed by atoms with Crippen molar-refractivity contribution in [3.63, 3.8) is 0 Å². The van der Waals surface area contributed by atoms with Gasteiger partial charge in [-0.3, -0.25) is 19.3 Å². The zero-order valence-corrected chi connectivity index (χ0v) is 14.3. The summed E-state index contributed by atoms with van der Waals surface area (Å²) in [5, 5.41) is 7.18. The van der Waals surface area contributed by atoms with Crippen molar-refractivity contribution in [3.05, 3.63) is 41.7 Å². The van der Waals surface area contributed by atoms with E-state index in [0.29, 0.717) is 37.6 Å². The highest BCUT2D eigenvalue weighted by molar-refractivity contribution is 5.93. The van der Waals surface area contributed by atoms with Gasteiger partial charge in [-0.05, 0) is 20.2 Å². The molecule has 0 radical (unpaired) electrons. The third-order valence-electron chi connectivity index (χ3n) is 3.94. The lowest BCUT2D eigenvalue weighted by molar-refractivity contribution is 0.0699. The van der Waals surface area contributed by atoms with Crippen LogP contribution >= 0.6 is 0 Å². The lowest BCUT2D eigenvalue weighted by atomic mass is 10.2. The van der Waals surface area contributed by atoms with Crippen LogP contribution in [0.1, 0.15) is 26.7 Å². The number of hydrogen-bond acceptors (Lipinski definition) is 6. The molecule has 0 aromatic carbocycles. The summed E-state index contributed by atoms with van der Waals surface area (Å²) in [5.41, 5.74) is 1.53. The lowest BCUT2D eigenvalue weighted by Gasteiger charge is -2.27. The van der Waals surface area contributed by atoms with Crippen LogP contribution in [-0.4, -0.2) is 75.1 Å². The van der Waals surface area contributed by atoms with Crippen LogP contribution < -0.4 is 5.32 Å². The highest BCUT2D eigenvalue weighted by Crippen LogP contribution is 2.15. The average molecular weight is 343 g/mol. The molecule has 25 heavy (non-hydrogen) atoms. The Hall–Kier alpha value is -2.81. The summed E-state index contributed by atoms with van der Waals surface area (Å²) in [5.74, 6) is -0.368. The van der Waals surface area contributed by atoms with Gasteiger partial charge < -0.3 is 15.1 Å². The van der Waals surface area contributed by atoms with Gasteiger partial charge in [0.15, 0.2) is 5.69 Å². The predicted octanol–water partition coefficient (Wildman–Crippen LogP) is -0.379. The molecule has 9 nitrogen and oxygen atoms in total. The second-order valence-corrected chi connectivity index (χ2v) is 6.12. The number of nitrogens with one attached hydrogen (secondary N) is 1. The summed E-state index contributed by atoms with van der Waals surface area (Å²) in [7, 11) is 3.90. The Morgan fingerprint density at radius 3 is 2.80 bits per heavy atom. The molecule has 3 heterocycles. The molecule has 0 saturated heterocycles. The molecule has 0 spiro atoms. The number of likely N-dealkylation sites (N-methyl/N-ethyl adjacent to an activating group) is 1. The lowest BCUT2D eigenvalue weighted by Crippen LogP contribution is -2.38. The average Bonchev–Trinajstić information content (AvgIpc) is 3.04. The molecule has 0 atom stereocenters. The van der Waals surface area contributed by atoms with Gasteiger partial charge in [-0.25, -0.2) is 4.98 Å². The zero-order chi connectivity index (χ0) is 17.8. The maximum atomic E-state index is 12.5. The Morgan fingerprint density at radius 1 is 1.24 bits per heavy atom. The number of rotatable bonds is 5. The highest BCUT2D eigenvalue weighted by Gasteiger charge is 2.25. The molecule has 0 bridgehead atoms. The molecule has 132 valence electrons.